The summed E-state index contributed by atoms with van der Waals surface area (Å²) in [6.45, 7) is 0. The van der Waals surface area contributed by atoms with Gasteiger partial charge in [-0.2, -0.15) is 5.26 Å². The first-order valence-electron chi connectivity index (χ1n) is 6.59. The van der Waals surface area contributed by atoms with Crippen molar-refractivity contribution in [3.05, 3.63) is 58.6 Å². The number of hydrogen-bond acceptors (Lipinski definition) is 4. The minimum atomic E-state index is -0.569. The van der Waals surface area contributed by atoms with Gasteiger partial charge in [-0.1, -0.05) is 11.6 Å². The third-order valence-corrected chi connectivity index (χ3v) is 3.22. The maximum Gasteiger partial charge on any atom is 0.266 e. The van der Waals surface area contributed by atoms with E-state index < -0.39 is 5.91 Å². The highest BCUT2D eigenvalue weighted by molar-refractivity contribution is 6.30. The zero-order valence-corrected chi connectivity index (χ0v) is 13.0. The Morgan fingerprint density at radius 1 is 1.30 bits per heavy atom. The van der Waals surface area contributed by atoms with Crippen molar-refractivity contribution in [3.8, 4) is 17.6 Å². The molecule has 0 atom stereocenters. The van der Waals surface area contributed by atoms with Crippen molar-refractivity contribution in [3.63, 3.8) is 0 Å². The average Bonchev–Trinajstić information content (AvgIpc) is 2.54. The topological polar surface area (TPSA) is 82.3 Å². The Balaban J connectivity index is 2.28. The summed E-state index contributed by atoms with van der Waals surface area (Å²) in [4.78, 5) is 12.2. The van der Waals surface area contributed by atoms with Gasteiger partial charge in [-0.25, -0.2) is 0 Å². The van der Waals surface area contributed by atoms with Gasteiger partial charge < -0.3 is 15.2 Å². The van der Waals surface area contributed by atoms with E-state index in [9.17, 15) is 15.2 Å². The number of nitrogens with one attached hydrogen (secondary N) is 1. The molecule has 0 aromatic heterocycles. The largest absolute Gasteiger partial charge is 0.508 e. The van der Waals surface area contributed by atoms with E-state index in [0.717, 1.165) is 0 Å². The number of phenols is 1. The number of carbonyl (C=O) groups excluding carboxylic acids is 1. The van der Waals surface area contributed by atoms with Crippen LogP contribution in [0, 0.1) is 11.3 Å². The average molecular weight is 329 g/mol. The highest BCUT2D eigenvalue weighted by Gasteiger charge is 2.11. The standard InChI is InChI=1S/C17H13ClN2O3/c1-23-16-7-2-13(18)9-11(16)8-12(10-19)17(22)20-14-3-5-15(21)6-4-14/h2-9,21H,1H3,(H,20,22)/b12-8+. The molecular formula is C17H13ClN2O3. The van der Waals surface area contributed by atoms with Crippen LogP contribution >= 0.6 is 11.6 Å². The van der Waals surface area contributed by atoms with Crippen molar-refractivity contribution in [2.24, 2.45) is 0 Å². The number of amides is 1. The first-order chi connectivity index (χ1) is 11.0. The fourth-order valence-electron chi connectivity index (χ4n) is 1.87. The second-order valence-corrected chi connectivity index (χ2v) is 4.99. The maximum atomic E-state index is 12.2. The molecule has 0 spiro atoms. The number of nitriles is 1. The van der Waals surface area contributed by atoms with Crippen LogP contribution in [0.3, 0.4) is 0 Å². The Hall–Kier alpha value is -2.97. The third kappa shape index (κ3) is 4.25. The number of nitrogens with zero attached hydrogens (tertiary/aromatic N) is 1. The Labute approximate surface area is 138 Å². The predicted octanol–water partition coefficient (Wildman–Crippen LogP) is 3.60. The van der Waals surface area contributed by atoms with Gasteiger partial charge in [0.15, 0.2) is 0 Å². The fraction of sp³-hybridized carbons (Fsp3) is 0.0588. The molecule has 0 aliphatic carbocycles. The minimum Gasteiger partial charge on any atom is -0.508 e. The highest BCUT2D eigenvalue weighted by atomic mass is 35.5. The smallest absolute Gasteiger partial charge is 0.266 e. The molecule has 2 aromatic carbocycles. The minimum absolute atomic E-state index is 0.0858. The molecule has 0 heterocycles. The lowest BCUT2D eigenvalue weighted by Crippen LogP contribution is -2.13. The van der Waals surface area contributed by atoms with E-state index in [1.54, 1.807) is 18.2 Å². The van der Waals surface area contributed by atoms with Gasteiger partial charge in [0.25, 0.3) is 5.91 Å². The van der Waals surface area contributed by atoms with Crippen molar-refractivity contribution in [1.29, 1.82) is 5.26 Å². The van der Waals surface area contributed by atoms with Gasteiger partial charge >= 0.3 is 0 Å². The Morgan fingerprint density at radius 3 is 2.61 bits per heavy atom. The molecule has 5 nitrogen and oxygen atoms in total. The number of hydrogen-bond donors (Lipinski definition) is 2. The van der Waals surface area contributed by atoms with E-state index in [-0.39, 0.29) is 11.3 Å². The number of carbonyl (C=O) groups is 1. The van der Waals surface area contributed by atoms with Gasteiger partial charge in [0.05, 0.1) is 7.11 Å². The van der Waals surface area contributed by atoms with Crippen LogP contribution in [0.4, 0.5) is 5.69 Å². The molecular weight excluding hydrogens is 316 g/mol. The van der Waals surface area contributed by atoms with Gasteiger partial charge in [0.2, 0.25) is 0 Å². The molecule has 0 fully saturated rings. The fourth-order valence-corrected chi connectivity index (χ4v) is 2.05. The molecule has 0 radical (unpaired) electrons. The summed E-state index contributed by atoms with van der Waals surface area (Å²) in [5, 5.41) is 21.5. The van der Waals surface area contributed by atoms with Crippen LogP contribution in [-0.2, 0) is 4.79 Å². The van der Waals surface area contributed by atoms with Crippen LogP contribution in [0.25, 0.3) is 6.08 Å². The summed E-state index contributed by atoms with van der Waals surface area (Å²) < 4.78 is 5.18. The van der Waals surface area contributed by atoms with Crippen LogP contribution < -0.4 is 10.1 Å². The molecule has 0 aliphatic heterocycles. The van der Waals surface area contributed by atoms with Crippen molar-refractivity contribution < 1.29 is 14.6 Å². The van der Waals surface area contributed by atoms with Crippen LogP contribution in [0.2, 0.25) is 5.02 Å². The summed E-state index contributed by atoms with van der Waals surface area (Å²) in [5.41, 5.74) is 0.892. The van der Waals surface area contributed by atoms with Gasteiger partial charge in [-0.15, -0.1) is 0 Å². The molecule has 2 N–H and O–H groups in total. The molecule has 1 amide bonds. The summed E-state index contributed by atoms with van der Waals surface area (Å²) in [6, 6.07) is 12.7. The third-order valence-electron chi connectivity index (χ3n) is 2.98. The lowest BCUT2D eigenvalue weighted by molar-refractivity contribution is -0.112. The summed E-state index contributed by atoms with van der Waals surface area (Å²) in [5.74, 6) is 0.0162. The Kier molecular flexibility index (Phi) is 5.23. The number of halogens is 1. The molecule has 0 saturated carbocycles. The quantitative estimate of drug-likeness (QED) is 0.510. The number of anilines is 1. The van der Waals surface area contributed by atoms with Crippen molar-refractivity contribution >= 4 is 29.3 Å². The highest BCUT2D eigenvalue weighted by Crippen LogP contribution is 2.25. The summed E-state index contributed by atoms with van der Waals surface area (Å²) >= 11 is 5.93. The number of phenolic OH excluding ortho intramolecular Hbond substituents is 1. The molecule has 116 valence electrons. The van der Waals surface area contributed by atoms with Crippen LogP contribution in [0.1, 0.15) is 5.56 Å². The lowest BCUT2D eigenvalue weighted by Gasteiger charge is -2.07. The van der Waals surface area contributed by atoms with Crippen molar-refractivity contribution in [2.45, 2.75) is 0 Å². The Morgan fingerprint density at radius 2 is 2.00 bits per heavy atom. The molecule has 6 heteroatoms. The monoisotopic (exact) mass is 328 g/mol. The summed E-state index contributed by atoms with van der Waals surface area (Å²) in [7, 11) is 1.49. The van der Waals surface area contributed by atoms with Gasteiger partial charge in [0.1, 0.15) is 23.1 Å². The summed E-state index contributed by atoms with van der Waals surface area (Å²) in [6.07, 6.45) is 1.40. The van der Waals surface area contributed by atoms with Crippen molar-refractivity contribution in [2.75, 3.05) is 12.4 Å². The number of ether oxygens (including phenoxy) is 1. The van der Waals surface area contributed by atoms with Crippen LogP contribution in [0.15, 0.2) is 48.0 Å². The van der Waals surface area contributed by atoms with Gasteiger partial charge in [-0.05, 0) is 48.5 Å². The second kappa shape index (κ2) is 7.34. The maximum absolute atomic E-state index is 12.2. The zero-order chi connectivity index (χ0) is 16.8. The van der Waals surface area contributed by atoms with Gasteiger partial charge in [0, 0.05) is 16.3 Å². The van der Waals surface area contributed by atoms with E-state index in [1.807, 2.05) is 6.07 Å². The van der Waals surface area contributed by atoms with Crippen LogP contribution in [-0.4, -0.2) is 18.1 Å². The van der Waals surface area contributed by atoms with E-state index >= 15 is 0 Å². The molecule has 0 saturated heterocycles. The molecule has 2 rings (SSSR count). The normalized spacial score (nSPS) is 10.7. The SMILES string of the molecule is COc1ccc(Cl)cc1/C=C(\C#N)C(=O)Nc1ccc(O)cc1. The zero-order valence-electron chi connectivity index (χ0n) is 12.2. The van der Waals surface area contributed by atoms with E-state index in [2.05, 4.69) is 5.32 Å². The van der Waals surface area contributed by atoms with E-state index in [0.29, 0.717) is 22.0 Å². The van der Waals surface area contributed by atoms with E-state index in [4.69, 9.17) is 16.3 Å². The number of aromatic hydroxyl groups is 1. The first kappa shape index (κ1) is 16.4. The molecule has 23 heavy (non-hydrogen) atoms. The van der Waals surface area contributed by atoms with Crippen LogP contribution in [0.5, 0.6) is 11.5 Å². The van der Waals surface area contributed by atoms with E-state index in [1.165, 1.54) is 37.5 Å². The number of rotatable bonds is 4. The number of methoxy groups -OCH3 is 1. The lowest BCUT2D eigenvalue weighted by atomic mass is 10.1. The molecule has 0 aliphatic rings. The second-order valence-electron chi connectivity index (χ2n) is 4.56. The molecule has 0 bridgehead atoms. The predicted molar refractivity (Wildman–Crippen MR) is 88.3 cm³/mol. The van der Waals surface area contributed by atoms with Crippen molar-refractivity contribution in [1.82, 2.24) is 0 Å². The molecule has 2 aromatic rings. The Bertz CT molecular complexity index is 792. The first-order valence-corrected chi connectivity index (χ1v) is 6.97. The molecule has 0 unspecified atom stereocenters. The number of benzene rings is 2. The van der Waals surface area contributed by atoms with Gasteiger partial charge in [-0.3, -0.25) is 4.79 Å².